The van der Waals surface area contributed by atoms with Crippen LogP contribution in [0.5, 0.6) is 11.5 Å². The molecule has 0 spiro atoms. The molecule has 6 rings (SSSR count). The standard InChI is InChI=1S/C32H33NO4Si/c1-9-32(3)28-26-20-16-23(35-4)24(36-5)17-21(20)30(34)27(26)31(38(6,7)8)18(2)29(28)33-22-13-11-10-12-19(22)14-15-25(33)37-32/h9-17,25H,1H2,2-8H3. The SMILES string of the molecule is C=CC1(C)OC2C=Cc3ccccc3N2c2c(C)c([Si](C)(C)C)c3c(c21)-c1cc(OC)c(OC)cc1C3=O. The minimum Gasteiger partial charge on any atom is -0.493 e. The van der Waals surface area contributed by atoms with Gasteiger partial charge in [0.25, 0.3) is 0 Å². The average molecular weight is 524 g/mol. The topological polar surface area (TPSA) is 48.0 Å². The van der Waals surface area contributed by atoms with Gasteiger partial charge in [-0.1, -0.05) is 56.6 Å². The van der Waals surface area contributed by atoms with Crippen LogP contribution >= 0.6 is 0 Å². The predicted molar refractivity (Wildman–Crippen MR) is 156 cm³/mol. The number of methoxy groups -OCH3 is 2. The summed E-state index contributed by atoms with van der Waals surface area (Å²) in [5.41, 5.74) is 7.84. The molecule has 0 saturated carbocycles. The number of ether oxygens (including phenoxy) is 3. The van der Waals surface area contributed by atoms with E-state index in [0.29, 0.717) is 17.1 Å². The van der Waals surface area contributed by atoms with Crippen LogP contribution in [0.2, 0.25) is 19.6 Å². The van der Waals surface area contributed by atoms with Crippen LogP contribution in [0, 0.1) is 6.92 Å². The normalized spacial score (nSPS) is 20.8. The Morgan fingerprint density at radius 1 is 1.05 bits per heavy atom. The molecule has 2 aliphatic heterocycles. The molecule has 0 bridgehead atoms. The molecule has 0 saturated heterocycles. The van der Waals surface area contributed by atoms with Gasteiger partial charge in [-0.15, -0.1) is 0 Å². The molecule has 0 amide bonds. The molecule has 0 radical (unpaired) electrons. The van der Waals surface area contributed by atoms with Crippen molar-refractivity contribution < 1.29 is 19.0 Å². The van der Waals surface area contributed by atoms with E-state index in [4.69, 9.17) is 14.2 Å². The fourth-order valence-corrected chi connectivity index (χ4v) is 8.78. The highest BCUT2D eigenvalue weighted by atomic mass is 28.3. The van der Waals surface area contributed by atoms with Gasteiger partial charge in [-0.25, -0.2) is 0 Å². The molecule has 0 aromatic heterocycles. The first-order chi connectivity index (χ1) is 18.1. The Hall–Kier alpha value is -3.61. The van der Waals surface area contributed by atoms with E-state index in [1.165, 1.54) is 5.19 Å². The second-order valence-electron chi connectivity index (χ2n) is 11.4. The van der Waals surface area contributed by atoms with Gasteiger partial charge in [-0.2, -0.15) is 0 Å². The highest BCUT2D eigenvalue weighted by Crippen LogP contribution is 2.56. The van der Waals surface area contributed by atoms with Crippen molar-refractivity contribution in [2.24, 2.45) is 0 Å². The van der Waals surface area contributed by atoms with E-state index in [9.17, 15) is 4.79 Å². The Morgan fingerprint density at radius 2 is 1.71 bits per heavy atom. The fraction of sp³-hybridized carbons (Fsp3) is 0.281. The van der Waals surface area contributed by atoms with E-state index in [0.717, 1.165) is 44.8 Å². The van der Waals surface area contributed by atoms with Gasteiger partial charge in [-0.3, -0.25) is 4.79 Å². The molecule has 0 fully saturated rings. The molecule has 1 aliphatic carbocycles. The zero-order chi connectivity index (χ0) is 27.1. The molecule has 194 valence electrons. The van der Waals surface area contributed by atoms with Gasteiger partial charge in [0.2, 0.25) is 0 Å². The van der Waals surface area contributed by atoms with Crippen molar-refractivity contribution in [1.82, 2.24) is 0 Å². The van der Waals surface area contributed by atoms with Gasteiger partial charge >= 0.3 is 0 Å². The summed E-state index contributed by atoms with van der Waals surface area (Å²) in [4.78, 5) is 16.6. The largest absolute Gasteiger partial charge is 0.493 e. The highest BCUT2D eigenvalue weighted by Gasteiger charge is 2.49. The van der Waals surface area contributed by atoms with Crippen molar-refractivity contribution in [2.75, 3.05) is 19.1 Å². The van der Waals surface area contributed by atoms with E-state index in [1.54, 1.807) is 14.2 Å². The maximum Gasteiger partial charge on any atom is 0.194 e. The molecule has 0 N–H and O–H groups in total. The number of nitrogens with zero attached hydrogens (tertiary/aromatic N) is 1. The lowest BCUT2D eigenvalue weighted by molar-refractivity contribution is -0.0396. The first kappa shape index (κ1) is 24.7. The van der Waals surface area contributed by atoms with Crippen LogP contribution in [0.3, 0.4) is 0 Å². The molecule has 2 unspecified atom stereocenters. The summed E-state index contributed by atoms with van der Waals surface area (Å²) in [6.07, 6.45) is 5.81. The molecule has 3 aliphatic rings. The monoisotopic (exact) mass is 523 g/mol. The highest BCUT2D eigenvalue weighted by molar-refractivity contribution is 6.90. The quantitative estimate of drug-likeness (QED) is 0.220. The van der Waals surface area contributed by atoms with Gasteiger partial charge in [0.1, 0.15) is 5.60 Å². The van der Waals surface area contributed by atoms with Gasteiger partial charge < -0.3 is 19.1 Å². The van der Waals surface area contributed by atoms with E-state index in [2.05, 4.69) is 81.4 Å². The summed E-state index contributed by atoms with van der Waals surface area (Å²) >= 11 is 0. The van der Waals surface area contributed by atoms with Crippen LogP contribution in [0.15, 0.2) is 55.1 Å². The molecule has 38 heavy (non-hydrogen) atoms. The summed E-state index contributed by atoms with van der Waals surface area (Å²) in [5.74, 6) is 1.18. The van der Waals surface area contributed by atoms with Crippen LogP contribution in [0.1, 0.15) is 39.5 Å². The number of benzene rings is 3. The second-order valence-corrected chi connectivity index (χ2v) is 16.4. The predicted octanol–water partition coefficient (Wildman–Crippen LogP) is 6.69. The number of anilines is 2. The minimum absolute atomic E-state index is 0.0340. The van der Waals surface area contributed by atoms with Gasteiger partial charge in [0.05, 0.1) is 33.7 Å². The van der Waals surface area contributed by atoms with Crippen molar-refractivity contribution in [3.8, 4) is 22.6 Å². The first-order valence-electron chi connectivity index (χ1n) is 13.0. The number of rotatable bonds is 4. The van der Waals surface area contributed by atoms with Crippen molar-refractivity contribution in [3.05, 3.63) is 82.9 Å². The Morgan fingerprint density at radius 3 is 2.34 bits per heavy atom. The van der Waals surface area contributed by atoms with Crippen molar-refractivity contribution in [1.29, 1.82) is 0 Å². The number of ketones is 1. The third kappa shape index (κ3) is 3.17. The van der Waals surface area contributed by atoms with Crippen LogP contribution in [-0.4, -0.2) is 34.3 Å². The Kier molecular flexibility index (Phi) is 5.33. The van der Waals surface area contributed by atoms with Crippen LogP contribution in [0.25, 0.3) is 17.2 Å². The molecule has 6 heteroatoms. The van der Waals surface area contributed by atoms with Crippen LogP contribution in [-0.2, 0) is 10.3 Å². The van der Waals surface area contributed by atoms with Crippen LogP contribution in [0.4, 0.5) is 11.4 Å². The van der Waals surface area contributed by atoms with E-state index >= 15 is 0 Å². The maximum absolute atomic E-state index is 14.3. The number of para-hydroxylation sites is 1. The summed E-state index contributed by atoms with van der Waals surface area (Å²) < 4.78 is 18.1. The molecule has 3 aromatic carbocycles. The molecule has 3 aromatic rings. The number of carbonyl (C=O) groups is 1. The maximum atomic E-state index is 14.3. The lowest BCUT2D eigenvalue weighted by Gasteiger charge is -2.49. The molecular formula is C32H33NO4Si. The summed E-state index contributed by atoms with van der Waals surface area (Å²) in [6, 6.07) is 12.2. The average Bonchev–Trinajstić information content (AvgIpc) is 3.17. The zero-order valence-corrected chi connectivity index (χ0v) is 24.1. The lowest BCUT2D eigenvalue weighted by Crippen LogP contribution is -2.50. The van der Waals surface area contributed by atoms with Crippen LogP contribution < -0.4 is 19.6 Å². The summed E-state index contributed by atoms with van der Waals surface area (Å²) in [5, 5.41) is 1.18. The van der Waals surface area contributed by atoms with E-state index < -0.39 is 13.7 Å². The lowest BCUT2D eigenvalue weighted by atomic mass is 9.81. The minimum atomic E-state index is -2.02. The van der Waals surface area contributed by atoms with Crippen molar-refractivity contribution in [3.63, 3.8) is 0 Å². The third-order valence-electron chi connectivity index (χ3n) is 8.12. The summed E-state index contributed by atoms with van der Waals surface area (Å²) in [6.45, 7) is 15.4. The number of fused-ring (bicyclic) bond motifs is 9. The number of hydrogen-bond acceptors (Lipinski definition) is 5. The first-order valence-corrected chi connectivity index (χ1v) is 16.5. The van der Waals surface area contributed by atoms with E-state index in [1.807, 2.05) is 18.2 Å². The Labute approximate surface area is 225 Å². The molecule has 5 nitrogen and oxygen atoms in total. The third-order valence-corrected chi connectivity index (χ3v) is 10.2. The smallest absolute Gasteiger partial charge is 0.194 e. The second kappa shape index (κ2) is 8.19. The fourth-order valence-electron chi connectivity index (χ4n) is 6.55. The van der Waals surface area contributed by atoms with Crippen molar-refractivity contribution >= 4 is 36.5 Å². The molecule has 2 heterocycles. The van der Waals surface area contributed by atoms with Gasteiger partial charge in [0.15, 0.2) is 23.5 Å². The molecular weight excluding hydrogens is 490 g/mol. The van der Waals surface area contributed by atoms with Gasteiger partial charge in [-0.05, 0) is 60.0 Å². The summed E-state index contributed by atoms with van der Waals surface area (Å²) in [7, 11) is 1.20. The van der Waals surface area contributed by atoms with E-state index in [-0.39, 0.29) is 12.0 Å². The number of hydrogen-bond donors (Lipinski definition) is 0. The van der Waals surface area contributed by atoms with Gasteiger partial charge in [0, 0.05) is 22.3 Å². The zero-order valence-electron chi connectivity index (χ0n) is 23.1. The molecule has 2 atom stereocenters. The Bertz CT molecular complexity index is 1580. The van der Waals surface area contributed by atoms with Crippen molar-refractivity contribution in [2.45, 2.75) is 45.3 Å². The Balaban J connectivity index is 1.81. The number of carbonyl (C=O) groups excluding carboxylic acids is 1.